The van der Waals surface area contributed by atoms with Gasteiger partial charge in [-0.25, -0.2) is 0 Å². The van der Waals surface area contributed by atoms with Crippen molar-refractivity contribution in [1.82, 2.24) is 19.8 Å². The first-order valence-corrected chi connectivity index (χ1v) is 11.8. The maximum absolute atomic E-state index is 13.5. The van der Waals surface area contributed by atoms with E-state index in [0.29, 0.717) is 17.5 Å². The summed E-state index contributed by atoms with van der Waals surface area (Å²) in [6.45, 7) is 4.66. The summed E-state index contributed by atoms with van der Waals surface area (Å²) in [7, 11) is 0. The maximum Gasteiger partial charge on any atom is 0.276 e. The van der Waals surface area contributed by atoms with Gasteiger partial charge in [-0.2, -0.15) is 0 Å². The molecule has 1 N–H and O–H groups in total. The molecule has 1 aliphatic carbocycles. The molecule has 2 aromatic rings. The fourth-order valence-corrected chi connectivity index (χ4v) is 4.35. The third kappa shape index (κ3) is 6.01. The van der Waals surface area contributed by atoms with Crippen LogP contribution in [0.15, 0.2) is 29.6 Å². The van der Waals surface area contributed by atoms with Crippen molar-refractivity contribution in [3.63, 3.8) is 0 Å². The van der Waals surface area contributed by atoms with Crippen LogP contribution in [0.1, 0.15) is 74.5 Å². The first kappa shape index (κ1) is 22.7. The molecule has 0 bridgehead atoms. The predicted molar refractivity (Wildman–Crippen MR) is 120 cm³/mol. The molecular weight excluding hydrogens is 420 g/mol. The van der Waals surface area contributed by atoms with E-state index in [9.17, 15) is 9.59 Å². The molecule has 162 valence electrons. The Morgan fingerprint density at radius 2 is 1.90 bits per heavy atom. The molecule has 2 amide bonds. The van der Waals surface area contributed by atoms with Gasteiger partial charge >= 0.3 is 0 Å². The van der Waals surface area contributed by atoms with Crippen molar-refractivity contribution < 1.29 is 9.59 Å². The molecule has 1 fully saturated rings. The Morgan fingerprint density at radius 3 is 2.50 bits per heavy atom. The van der Waals surface area contributed by atoms with Crippen molar-refractivity contribution in [1.29, 1.82) is 0 Å². The van der Waals surface area contributed by atoms with Crippen molar-refractivity contribution >= 4 is 34.9 Å². The van der Waals surface area contributed by atoms with Crippen molar-refractivity contribution in [3.05, 3.63) is 45.9 Å². The number of carbonyl (C=O) groups is 2. The summed E-state index contributed by atoms with van der Waals surface area (Å²) in [6, 6.07) is 6.58. The van der Waals surface area contributed by atoms with Crippen molar-refractivity contribution in [2.24, 2.45) is 5.92 Å². The van der Waals surface area contributed by atoms with Gasteiger partial charge in [0.05, 0.1) is 0 Å². The Labute approximate surface area is 187 Å². The van der Waals surface area contributed by atoms with Crippen LogP contribution < -0.4 is 5.32 Å². The highest BCUT2D eigenvalue weighted by molar-refractivity contribution is 7.03. The predicted octanol–water partition coefficient (Wildman–Crippen LogP) is 4.87. The standard InChI is InChI=1S/C22H29ClN4O2S/c1-15(2)12-13-27(22(29)19-14-30-26-25-19)20(16-8-10-17(23)11-9-16)21(28)24-18-6-4-3-5-7-18/h8-11,14-15,18,20H,3-7,12-13H2,1-2H3,(H,24,28)/t20-/m1/s1. The number of hydrogen-bond donors (Lipinski definition) is 1. The van der Waals surface area contributed by atoms with Gasteiger partial charge in [-0.3, -0.25) is 9.59 Å². The molecule has 1 heterocycles. The van der Waals surface area contributed by atoms with Crippen molar-refractivity contribution in [2.45, 2.75) is 64.5 Å². The minimum absolute atomic E-state index is 0.149. The van der Waals surface area contributed by atoms with Crippen molar-refractivity contribution in [3.8, 4) is 0 Å². The Balaban J connectivity index is 1.93. The largest absolute Gasteiger partial charge is 0.351 e. The van der Waals surface area contributed by atoms with E-state index in [1.165, 1.54) is 6.42 Å². The Kier molecular flexibility index (Phi) is 8.22. The zero-order valence-electron chi connectivity index (χ0n) is 17.5. The number of benzene rings is 1. The molecular formula is C22H29ClN4O2S. The number of aromatic nitrogens is 2. The van der Waals surface area contributed by atoms with Crippen LogP contribution in [0.4, 0.5) is 0 Å². The third-order valence-corrected chi connectivity index (χ3v) is 6.24. The summed E-state index contributed by atoms with van der Waals surface area (Å²) >= 11 is 7.21. The van der Waals surface area contributed by atoms with E-state index in [1.54, 1.807) is 22.4 Å². The number of nitrogens with zero attached hydrogens (tertiary/aromatic N) is 3. The van der Waals surface area contributed by atoms with Gasteiger partial charge in [-0.15, -0.1) is 5.10 Å². The average Bonchev–Trinajstić information content (AvgIpc) is 3.27. The van der Waals surface area contributed by atoms with E-state index in [4.69, 9.17) is 11.6 Å². The van der Waals surface area contributed by atoms with E-state index in [2.05, 4.69) is 28.8 Å². The number of amides is 2. The maximum atomic E-state index is 13.5. The first-order chi connectivity index (χ1) is 14.5. The first-order valence-electron chi connectivity index (χ1n) is 10.6. The van der Waals surface area contributed by atoms with Crippen LogP contribution in [0, 0.1) is 5.92 Å². The Morgan fingerprint density at radius 1 is 1.20 bits per heavy atom. The molecule has 0 unspecified atom stereocenters. The number of hydrogen-bond acceptors (Lipinski definition) is 5. The fourth-order valence-electron chi connectivity index (χ4n) is 3.80. The number of carbonyl (C=O) groups excluding carboxylic acids is 2. The van der Waals surface area contributed by atoms with Gasteiger partial charge in [0, 0.05) is 23.0 Å². The van der Waals surface area contributed by atoms with Gasteiger partial charge in [0.1, 0.15) is 6.04 Å². The second-order valence-electron chi connectivity index (χ2n) is 8.27. The summed E-state index contributed by atoms with van der Waals surface area (Å²) in [4.78, 5) is 28.4. The lowest BCUT2D eigenvalue weighted by Gasteiger charge is -2.33. The second kappa shape index (κ2) is 10.9. The number of halogens is 1. The van der Waals surface area contributed by atoms with Crippen LogP contribution in [0.3, 0.4) is 0 Å². The molecule has 0 aliphatic heterocycles. The van der Waals surface area contributed by atoms with Crippen LogP contribution in [0.5, 0.6) is 0 Å². The van der Waals surface area contributed by atoms with E-state index in [-0.39, 0.29) is 23.6 Å². The highest BCUT2D eigenvalue weighted by Crippen LogP contribution is 2.27. The average molecular weight is 449 g/mol. The van der Waals surface area contributed by atoms with Crippen LogP contribution >= 0.6 is 23.1 Å². The lowest BCUT2D eigenvalue weighted by Crippen LogP contribution is -2.47. The van der Waals surface area contributed by atoms with Gasteiger partial charge in [-0.05, 0) is 54.4 Å². The monoisotopic (exact) mass is 448 g/mol. The lowest BCUT2D eigenvalue weighted by molar-refractivity contribution is -0.127. The van der Waals surface area contributed by atoms with Gasteiger partial charge < -0.3 is 10.2 Å². The summed E-state index contributed by atoms with van der Waals surface area (Å²) in [5.74, 6) is -0.0335. The van der Waals surface area contributed by atoms with Gasteiger partial charge in [0.2, 0.25) is 5.91 Å². The SMILES string of the molecule is CC(C)CCN(C(=O)c1csnn1)[C@@H](C(=O)NC1CCCCC1)c1ccc(Cl)cc1. The highest BCUT2D eigenvalue weighted by Gasteiger charge is 2.34. The fraction of sp³-hybridized carbons (Fsp3) is 0.545. The molecule has 30 heavy (non-hydrogen) atoms. The Bertz CT molecular complexity index is 820. The van der Waals surface area contributed by atoms with Crippen molar-refractivity contribution in [2.75, 3.05) is 6.54 Å². The number of rotatable bonds is 8. The molecule has 0 radical (unpaired) electrons. The smallest absolute Gasteiger partial charge is 0.276 e. The molecule has 1 aromatic heterocycles. The van der Waals surface area contributed by atoms with E-state index in [1.807, 2.05) is 12.1 Å². The molecule has 0 spiro atoms. The zero-order chi connectivity index (χ0) is 21.5. The molecule has 3 rings (SSSR count). The zero-order valence-corrected chi connectivity index (χ0v) is 19.1. The minimum atomic E-state index is -0.739. The summed E-state index contributed by atoms with van der Waals surface area (Å²) in [6.07, 6.45) is 6.20. The summed E-state index contributed by atoms with van der Waals surface area (Å²) < 4.78 is 3.83. The van der Waals surface area contributed by atoms with E-state index < -0.39 is 6.04 Å². The summed E-state index contributed by atoms with van der Waals surface area (Å²) in [5, 5.41) is 9.37. The van der Waals surface area contributed by atoms with E-state index >= 15 is 0 Å². The number of nitrogens with one attached hydrogen (secondary N) is 1. The van der Waals surface area contributed by atoms with Gasteiger partial charge in [-0.1, -0.05) is 61.3 Å². The third-order valence-electron chi connectivity index (χ3n) is 5.48. The molecule has 8 heteroatoms. The molecule has 1 aromatic carbocycles. The van der Waals surface area contributed by atoms with Crippen LogP contribution in [-0.4, -0.2) is 38.9 Å². The molecule has 1 atom stereocenters. The minimum Gasteiger partial charge on any atom is -0.351 e. The van der Waals surface area contributed by atoms with Gasteiger partial charge in [0.25, 0.3) is 5.91 Å². The van der Waals surface area contributed by atoms with Gasteiger partial charge in [0.15, 0.2) is 5.69 Å². The molecule has 1 aliphatic rings. The highest BCUT2D eigenvalue weighted by atomic mass is 35.5. The Hall–Kier alpha value is -1.99. The normalized spacial score (nSPS) is 15.7. The molecule has 1 saturated carbocycles. The molecule has 6 nitrogen and oxygen atoms in total. The molecule has 0 saturated heterocycles. The van der Waals surface area contributed by atoms with Crippen LogP contribution in [0.2, 0.25) is 5.02 Å². The second-order valence-corrected chi connectivity index (χ2v) is 9.32. The van der Waals surface area contributed by atoms with E-state index in [0.717, 1.165) is 49.2 Å². The van der Waals surface area contributed by atoms with Crippen LogP contribution in [-0.2, 0) is 4.79 Å². The van der Waals surface area contributed by atoms with Crippen LogP contribution in [0.25, 0.3) is 0 Å². The quantitative estimate of drug-likeness (QED) is 0.625. The topological polar surface area (TPSA) is 75.2 Å². The lowest BCUT2D eigenvalue weighted by atomic mass is 9.94. The summed E-state index contributed by atoms with van der Waals surface area (Å²) in [5.41, 5.74) is 1.01.